The second kappa shape index (κ2) is 9.70. The van der Waals surface area contributed by atoms with E-state index in [1.54, 1.807) is 28.4 Å². The molecule has 0 fully saturated rings. The van der Waals surface area contributed by atoms with E-state index < -0.39 is 0 Å². The summed E-state index contributed by atoms with van der Waals surface area (Å²) in [5.41, 5.74) is 2.66. The normalized spacial score (nSPS) is 13.0. The first-order chi connectivity index (χ1) is 15.1. The van der Waals surface area contributed by atoms with Gasteiger partial charge in [-0.05, 0) is 54.5 Å². The summed E-state index contributed by atoms with van der Waals surface area (Å²) in [6.45, 7) is 2.61. The van der Waals surface area contributed by atoms with Gasteiger partial charge in [-0.25, -0.2) is 4.39 Å². The van der Waals surface area contributed by atoms with E-state index in [4.69, 9.17) is 0 Å². The van der Waals surface area contributed by atoms with Crippen LogP contribution in [-0.4, -0.2) is 40.1 Å². The zero-order valence-corrected chi connectivity index (χ0v) is 18.9. The van der Waals surface area contributed by atoms with Crippen LogP contribution in [0.25, 0.3) is 5.00 Å². The fourth-order valence-electron chi connectivity index (χ4n) is 3.61. The molecule has 31 heavy (non-hydrogen) atoms. The third-order valence-electron chi connectivity index (χ3n) is 5.26. The SMILES string of the molecule is CCN(CC(=O)NCc1ccc(F)cc1)C(=O)c1c(-n2cccc2)sc2c1CCSC2. The first-order valence-electron chi connectivity index (χ1n) is 10.2. The van der Waals surface area contributed by atoms with Gasteiger partial charge in [0.05, 0.1) is 12.1 Å². The Hall–Kier alpha value is -2.58. The highest BCUT2D eigenvalue weighted by molar-refractivity contribution is 7.98. The van der Waals surface area contributed by atoms with Gasteiger partial charge in [-0.1, -0.05) is 12.1 Å². The topological polar surface area (TPSA) is 54.3 Å². The summed E-state index contributed by atoms with van der Waals surface area (Å²) in [5.74, 6) is 1.27. The molecule has 162 valence electrons. The van der Waals surface area contributed by atoms with Gasteiger partial charge >= 0.3 is 0 Å². The van der Waals surface area contributed by atoms with Crippen molar-refractivity contribution in [1.29, 1.82) is 0 Å². The molecule has 1 aliphatic rings. The van der Waals surface area contributed by atoms with Crippen LogP contribution in [0.1, 0.15) is 33.3 Å². The molecule has 0 atom stereocenters. The van der Waals surface area contributed by atoms with Crippen LogP contribution >= 0.6 is 23.1 Å². The fraction of sp³-hybridized carbons (Fsp3) is 0.304. The quantitative estimate of drug-likeness (QED) is 0.577. The number of hydrogen-bond donors (Lipinski definition) is 1. The molecule has 0 saturated heterocycles. The smallest absolute Gasteiger partial charge is 0.257 e. The molecule has 3 heterocycles. The second-order valence-electron chi connectivity index (χ2n) is 7.30. The molecular formula is C23H24FN3O2S2. The highest BCUT2D eigenvalue weighted by Gasteiger charge is 2.29. The number of likely N-dealkylation sites (N-methyl/N-ethyl adjacent to an activating group) is 1. The molecule has 0 spiro atoms. The zero-order valence-electron chi connectivity index (χ0n) is 17.3. The molecule has 3 aromatic rings. The Balaban J connectivity index is 1.51. The number of halogens is 1. The highest BCUT2D eigenvalue weighted by atomic mass is 32.2. The van der Waals surface area contributed by atoms with E-state index in [0.29, 0.717) is 13.1 Å². The number of thiophene rings is 1. The Labute approximate surface area is 189 Å². The number of nitrogens with one attached hydrogen (secondary N) is 1. The average molecular weight is 458 g/mol. The van der Waals surface area contributed by atoms with E-state index in [0.717, 1.165) is 39.6 Å². The molecular weight excluding hydrogens is 433 g/mol. The number of benzene rings is 1. The van der Waals surface area contributed by atoms with Crippen LogP contribution in [0.15, 0.2) is 48.8 Å². The number of carbonyl (C=O) groups excluding carboxylic acids is 2. The maximum absolute atomic E-state index is 13.6. The van der Waals surface area contributed by atoms with E-state index >= 15 is 0 Å². The highest BCUT2D eigenvalue weighted by Crippen LogP contribution is 2.38. The standard InChI is InChI=1S/C23H24FN3O2S2/c1-2-26(14-20(28)25-13-16-5-7-17(24)8-6-16)22(29)21-18-9-12-30-15-19(18)31-23(21)27-10-3-4-11-27/h3-8,10-11H,2,9,12-15H2,1H3,(H,25,28). The Morgan fingerprint density at radius 1 is 1.19 bits per heavy atom. The molecule has 0 aliphatic carbocycles. The monoisotopic (exact) mass is 457 g/mol. The van der Waals surface area contributed by atoms with Crippen molar-refractivity contribution in [3.63, 3.8) is 0 Å². The molecule has 2 amide bonds. The summed E-state index contributed by atoms with van der Waals surface area (Å²) in [4.78, 5) is 29.0. The van der Waals surface area contributed by atoms with Crippen LogP contribution in [0, 0.1) is 5.82 Å². The summed E-state index contributed by atoms with van der Waals surface area (Å²) >= 11 is 3.55. The Bertz CT molecular complexity index is 1060. The molecule has 0 bridgehead atoms. The van der Waals surface area contributed by atoms with Gasteiger partial charge in [0.15, 0.2) is 0 Å². The maximum Gasteiger partial charge on any atom is 0.257 e. The van der Waals surface area contributed by atoms with Gasteiger partial charge in [0.1, 0.15) is 10.8 Å². The predicted octanol–water partition coefficient (Wildman–Crippen LogP) is 4.25. The second-order valence-corrected chi connectivity index (χ2v) is 9.49. The minimum atomic E-state index is -0.311. The number of hydrogen-bond acceptors (Lipinski definition) is 4. The third-order valence-corrected chi connectivity index (χ3v) is 7.67. The minimum Gasteiger partial charge on any atom is -0.350 e. The van der Waals surface area contributed by atoms with Gasteiger partial charge in [-0.15, -0.1) is 11.3 Å². The van der Waals surface area contributed by atoms with E-state index in [9.17, 15) is 14.0 Å². The van der Waals surface area contributed by atoms with E-state index in [-0.39, 0.29) is 24.2 Å². The van der Waals surface area contributed by atoms with Gasteiger partial charge in [-0.2, -0.15) is 11.8 Å². The third kappa shape index (κ3) is 4.85. The molecule has 2 aromatic heterocycles. The van der Waals surface area contributed by atoms with E-state index in [1.807, 2.05) is 47.8 Å². The first-order valence-corrected chi connectivity index (χ1v) is 12.2. The van der Waals surface area contributed by atoms with Crippen LogP contribution in [0.3, 0.4) is 0 Å². The summed E-state index contributed by atoms with van der Waals surface area (Å²) < 4.78 is 15.0. The lowest BCUT2D eigenvalue weighted by Crippen LogP contribution is -2.41. The fourth-order valence-corrected chi connectivity index (χ4v) is 6.05. The molecule has 4 rings (SSSR count). The number of aromatic nitrogens is 1. The lowest BCUT2D eigenvalue weighted by molar-refractivity contribution is -0.121. The van der Waals surface area contributed by atoms with Crippen molar-refractivity contribution in [3.05, 3.63) is 76.2 Å². The summed E-state index contributed by atoms with van der Waals surface area (Å²) in [6, 6.07) is 9.90. The summed E-state index contributed by atoms with van der Waals surface area (Å²) in [6.07, 6.45) is 4.77. The Morgan fingerprint density at radius 3 is 2.65 bits per heavy atom. The Morgan fingerprint density at radius 2 is 1.94 bits per heavy atom. The van der Waals surface area contributed by atoms with Gasteiger partial charge in [0.2, 0.25) is 5.91 Å². The average Bonchev–Trinajstić information content (AvgIpc) is 3.44. The molecule has 0 radical (unpaired) electrons. The zero-order chi connectivity index (χ0) is 21.8. The van der Waals surface area contributed by atoms with Crippen molar-refractivity contribution < 1.29 is 14.0 Å². The van der Waals surface area contributed by atoms with Crippen molar-refractivity contribution >= 4 is 34.9 Å². The molecule has 5 nitrogen and oxygen atoms in total. The summed E-state index contributed by atoms with van der Waals surface area (Å²) in [5, 5.41) is 3.75. The molecule has 8 heteroatoms. The predicted molar refractivity (Wildman–Crippen MR) is 123 cm³/mol. The Kier molecular flexibility index (Phi) is 6.77. The van der Waals surface area contributed by atoms with Crippen molar-refractivity contribution in [2.75, 3.05) is 18.8 Å². The minimum absolute atomic E-state index is 0.0129. The van der Waals surface area contributed by atoms with Gasteiger partial charge in [0, 0.05) is 36.1 Å². The number of nitrogens with zero attached hydrogens (tertiary/aromatic N) is 2. The van der Waals surface area contributed by atoms with Crippen LogP contribution in [0.5, 0.6) is 0 Å². The number of rotatable bonds is 7. The van der Waals surface area contributed by atoms with Crippen LogP contribution in [0.4, 0.5) is 4.39 Å². The molecule has 1 aromatic carbocycles. The number of fused-ring (bicyclic) bond motifs is 1. The molecule has 0 saturated carbocycles. The van der Waals surface area contributed by atoms with Crippen LogP contribution < -0.4 is 5.32 Å². The number of thioether (sulfide) groups is 1. The van der Waals surface area contributed by atoms with Crippen molar-refractivity contribution in [2.45, 2.75) is 25.6 Å². The van der Waals surface area contributed by atoms with Crippen molar-refractivity contribution in [1.82, 2.24) is 14.8 Å². The van der Waals surface area contributed by atoms with Crippen molar-refractivity contribution in [2.24, 2.45) is 0 Å². The lowest BCUT2D eigenvalue weighted by Gasteiger charge is -2.22. The van der Waals surface area contributed by atoms with Gasteiger partial charge < -0.3 is 14.8 Å². The molecule has 1 aliphatic heterocycles. The van der Waals surface area contributed by atoms with E-state index in [2.05, 4.69) is 5.32 Å². The van der Waals surface area contributed by atoms with Crippen molar-refractivity contribution in [3.8, 4) is 5.00 Å². The van der Waals surface area contributed by atoms with Crippen LogP contribution in [-0.2, 0) is 23.5 Å². The lowest BCUT2D eigenvalue weighted by atomic mass is 10.1. The number of amides is 2. The maximum atomic E-state index is 13.6. The largest absolute Gasteiger partial charge is 0.350 e. The van der Waals surface area contributed by atoms with Gasteiger partial charge in [-0.3, -0.25) is 9.59 Å². The number of carbonyl (C=O) groups is 2. The van der Waals surface area contributed by atoms with Crippen LogP contribution in [0.2, 0.25) is 0 Å². The summed E-state index contributed by atoms with van der Waals surface area (Å²) in [7, 11) is 0. The van der Waals surface area contributed by atoms with E-state index in [1.165, 1.54) is 17.0 Å². The first kappa shape index (κ1) is 21.6. The molecule has 0 unspecified atom stereocenters. The van der Waals surface area contributed by atoms with Gasteiger partial charge in [0.25, 0.3) is 5.91 Å². The molecule has 1 N–H and O–H groups in total.